The molecule has 0 saturated carbocycles. The molecule has 1 amide bonds. The average molecular weight is 587 g/mol. The highest BCUT2D eigenvalue weighted by Crippen LogP contribution is 2.46. The lowest BCUT2D eigenvalue weighted by Gasteiger charge is -2.49. The zero-order valence-electron chi connectivity index (χ0n) is 22.5. The smallest absolute Gasteiger partial charge is 0.333 e. The van der Waals surface area contributed by atoms with E-state index in [9.17, 15) is 48.6 Å². The Bertz CT molecular complexity index is 1100. The summed E-state index contributed by atoms with van der Waals surface area (Å²) >= 11 is 0. The van der Waals surface area contributed by atoms with E-state index in [1.807, 2.05) is 0 Å². The predicted octanol–water partition coefficient (Wildman–Crippen LogP) is -3.99. The van der Waals surface area contributed by atoms with E-state index in [4.69, 9.17) is 33.8 Å². The van der Waals surface area contributed by atoms with E-state index < -0.39 is 120 Å². The van der Waals surface area contributed by atoms with Crippen LogP contribution in [0.15, 0.2) is 0 Å². The standard InChI is InChI=1S/C24H38N6O11/c1-2-11(26)21(39)24(29,22(40)41)23(20(38)13(28)9-17(34)35,19(37)12(27)3-6-16(32)33)10(7-8-25)18(36)14-4-5-15(31)30-14/h10-14H,2-9,25-29H2,1H3,(H,30,31)(H,32,33)(H,34,35)(H,40,41). The second-order valence-electron chi connectivity index (χ2n) is 9.96. The molecule has 0 spiro atoms. The van der Waals surface area contributed by atoms with Crippen LogP contribution in [-0.2, 0) is 38.4 Å². The molecule has 17 heteroatoms. The van der Waals surface area contributed by atoms with Crippen molar-refractivity contribution in [2.24, 2.45) is 40.0 Å². The third-order valence-electron chi connectivity index (χ3n) is 7.30. The maximum atomic E-state index is 14.3. The maximum absolute atomic E-state index is 14.3. The van der Waals surface area contributed by atoms with Crippen molar-refractivity contribution >= 4 is 46.9 Å². The Labute approximate surface area is 234 Å². The van der Waals surface area contributed by atoms with Crippen LogP contribution in [-0.4, -0.2) is 98.5 Å². The van der Waals surface area contributed by atoms with E-state index in [-0.39, 0.29) is 19.3 Å². The molecule has 14 N–H and O–H groups in total. The molecule has 7 atom stereocenters. The summed E-state index contributed by atoms with van der Waals surface area (Å²) in [5.74, 6) is -14.2. The van der Waals surface area contributed by atoms with Crippen molar-refractivity contribution in [3.05, 3.63) is 0 Å². The zero-order valence-corrected chi connectivity index (χ0v) is 22.5. The fourth-order valence-electron chi connectivity index (χ4n) is 5.16. The zero-order chi connectivity index (χ0) is 31.9. The van der Waals surface area contributed by atoms with Gasteiger partial charge in [0.1, 0.15) is 5.41 Å². The number of carbonyl (C=O) groups excluding carboxylic acids is 5. The second kappa shape index (κ2) is 14.3. The molecule has 1 rings (SSSR count). The van der Waals surface area contributed by atoms with Crippen LogP contribution >= 0.6 is 0 Å². The minimum atomic E-state index is -3.66. The Hall–Kier alpha value is -3.64. The lowest BCUT2D eigenvalue weighted by molar-refractivity contribution is -0.173. The quantitative estimate of drug-likeness (QED) is 0.0651. The third-order valence-corrected chi connectivity index (χ3v) is 7.30. The number of nitrogens with two attached hydrogens (primary N) is 5. The summed E-state index contributed by atoms with van der Waals surface area (Å²) in [6.45, 7) is 0.864. The van der Waals surface area contributed by atoms with Crippen LogP contribution in [0.25, 0.3) is 0 Å². The van der Waals surface area contributed by atoms with E-state index in [0.717, 1.165) is 0 Å². The molecule has 0 aromatic heterocycles. The van der Waals surface area contributed by atoms with Gasteiger partial charge in [-0.05, 0) is 32.2 Å². The van der Waals surface area contributed by atoms with Crippen LogP contribution < -0.4 is 34.0 Å². The number of ketones is 4. The molecule has 1 heterocycles. The first-order valence-corrected chi connectivity index (χ1v) is 12.8. The van der Waals surface area contributed by atoms with Gasteiger partial charge in [0.25, 0.3) is 0 Å². The first-order valence-electron chi connectivity index (χ1n) is 12.8. The summed E-state index contributed by atoms with van der Waals surface area (Å²) in [5, 5.41) is 31.2. The van der Waals surface area contributed by atoms with Crippen molar-refractivity contribution in [3.8, 4) is 0 Å². The SMILES string of the molecule is CCC(N)C(=O)C(N)(C(=O)O)C(C(=O)C(N)CCC(=O)O)(C(=O)C(N)CC(=O)O)C(CCN)C(=O)C1CCC(=O)N1. The third kappa shape index (κ3) is 6.99. The molecule has 7 unspecified atom stereocenters. The highest BCUT2D eigenvalue weighted by molar-refractivity contribution is 6.26. The van der Waals surface area contributed by atoms with Gasteiger partial charge in [0.05, 0.1) is 30.6 Å². The molecule has 0 aliphatic carbocycles. The number of aliphatic carboxylic acids is 3. The van der Waals surface area contributed by atoms with Gasteiger partial charge in [-0.3, -0.25) is 33.6 Å². The Morgan fingerprint density at radius 1 is 0.902 bits per heavy atom. The van der Waals surface area contributed by atoms with Gasteiger partial charge in [0.2, 0.25) is 5.91 Å². The summed E-state index contributed by atoms with van der Waals surface area (Å²) in [6, 6.07) is -7.30. The Morgan fingerprint density at radius 2 is 1.46 bits per heavy atom. The normalized spacial score (nSPS) is 20.8. The topological polar surface area (TPSA) is 339 Å². The van der Waals surface area contributed by atoms with Gasteiger partial charge in [-0.15, -0.1) is 0 Å². The molecule has 1 saturated heterocycles. The molecule has 0 radical (unpaired) electrons. The molecular formula is C24H38N6O11. The van der Waals surface area contributed by atoms with Crippen LogP contribution in [0.2, 0.25) is 0 Å². The van der Waals surface area contributed by atoms with Gasteiger partial charge < -0.3 is 49.3 Å². The minimum absolute atomic E-state index is 0.142. The fourth-order valence-corrected chi connectivity index (χ4v) is 5.16. The van der Waals surface area contributed by atoms with Crippen molar-refractivity contribution in [1.82, 2.24) is 5.32 Å². The van der Waals surface area contributed by atoms with Gasteiger partial charge in [-0.25, -0.2) is 4.79 Å². The van der Waals surface area contributed by atoms with Gasteiger partial charge >= 0.3 is 17.9 Å². The van der Waals surface area contributed by atoms with E-state index in [1.54, 1.807) is 0 Å². The predicted molar refractivity (Wildman–Crippen MR) is 139 cm³/mol. The summed E-state index contributed by atoms with van der Waals surface area (Å²) < 4.78 is 0. The van der Waals surface area contributed by atoms with Crippen LogP contribution in [0.5, 0.6) is 0 Å². The Kier molecular flexibility index (Phi) is 12.4. The van der Waals surface area contributed by atoms with Crippen LogP contribution in [0.3, 0.4) is 0 Å². The number of carbonyl (C=O) groups is 8. The lowest BCUT2D eigenvalue weighted by atomic mass is 9.51. The number of nitrogens with one attached hydrogen (secondary N) is 1. The maximum Gasteiger partial charge on any atom is 0.333 e. The van der Waals surface area contributed by atoms with E-state index in [0.29, 0.717) is 0 Å². The van der Waals surface area contributed by atoms with Crippen LogP contribution in [0.4, 0.5) is 0 Å². The first-order chi connectivity index (χ1) is 18.9. The molecule has 0 aromatic rings. The largest absolute Gasteiger partial charge is 0.481 e. The molecule has 0 aromatic carbocycles. The van der Waals surface area contributed by atoms with Crippen molar-refractivity contribution in [2.45, 2.75) is 81.6 Å². The molecule has 0 bridgehead atoms. The highest BCUT2D eigenvalue weighted by atomic mass is 16.4. The molecule has 1 aliphatic rings. The first kappa shape index (κ1) is 35.4. The number of hydrogen-bond donors (Lipinski definition) is 9. The molecule has 1 aliphatic heterocycles. The minimum Gasteiger partial charge on any atom is -0.481 e. The van der Waals surface area contributed by atoms with Gasteiger partial charge in [0.15, 0.2) is 28.7 Å². The summed E-state index contributed by atoms with van der Waals surface area (Å²) in [6.07, 6.45) is -3.87. The van der Waals surface area contributed by atoms with Crippen molar-refractivity contribution < 1.29 is 53.7 Å². The average Bonchev–Trinajstić information content (AvgIpc) is 3.35. The molecule has 41 heavy (non-hydrogen) atoms. The summed E-state index contributed by atoms with van der Waals surface area (Å²) in [4.78, 5) is 104. The van der Waals surface area contributed by atoms with Crippen LogP contribution in [0.1, 0.15) is 51.9 Å². The van der Waals surface area contributed by atoms with Gasteiger partial charge in [0, 0.05) is 18.8 Å². The highest BCUT2D eigenvalue weighted by Gasteiger charge is 2.73. The van der Waals surface area contributed by atoms with Crippen molar-refractivity contribution in [2.75, 3.05) is 6.54 Å². The number of carboxylic acids is 3. The number of rotatable bonds is 19. The van der Waals surface area contributed by atoms with E-state index >= 15 is 0 Å². The van der Waals surface area contributed by atoms with Crippen molar-refractivity contribution in [1.29, 1.82) is 0 Å². The van der Waals surface area contributed by atoms with Crippen LogP contribution in [0, 0.1) is 11.3 Å². The molecule has 17 nitrogen and oxygen atoms in total. The van der Waals surface area contributed by atoms with E-state index in [1.165, 1.54) is 6.92 Å². The number of Topliss-reactive ketones (excluding diaryl/α,β-unsaturated/α-hetero) is 4. The Balaban J connectivity index is 4.33. The van der Waals surface area contributed by atoms with Crippen molar-refractivity contribution in [3.63, 3.8) is 0 Å². The number of hydrogen-bond acceptors (Lipinski definition) is 13. The second-order valence-corrected chi connectivity index (χ2v) is 9.96. The monoisotopic (exact) mass is 586 g/mol. The molecular weight excluding hydrogens is 548 g/mol. The van der Waals surface area contributed by atoms with E-state index in [2.05, 4.69) is 5.32 Å². The number of amides is 1. The Morgan fingerprint density at radius 3 is 1.88 bits per heavy atom. The fraction of sp³-hybridized carbons (Fsp3) is 0.667. The summed E-state index contributed by atoms with van der Waals surface area (Å²) in [7, 11) is 0. The molecule has 230 valence electrons. The molecule has 1 fully saturated rings. The van der Waals surface area contributed by atoms with Gasteiger partial charge in [-0.1, -0.05) is 6.92 Å². The summed E-state index contributed by atoms with van der Waals surface area (Å²) in [5.41, 5.74) is 22.5. The number of carboxylic acid groups (broad SMARTS) is 3. The van der Waals surface area contributed by atoms with Gasteiger partial charge in [-0.2, -0.15) is 0 Å². The lowest BCUT2D eigenvalue weighted by Crippen LogP contribution is -2.79.